The topological polar surface area (TPSA) is 62.6 Å². The number of aryl methyl sites for hydroxylation is 1. The number of carbonyl (C=O) groups excluding carboxylic acids is 2. The van der Waals surface area contributed by atoms with Gasteiger partial charge in [-0.15, -0.1) is 0 Å². The number of hydrogen-bond donors (Lipinski definition) is 0. The molecule has 29 heavy (non-hydrogen) atoms. The van der Waals surface area contributed by atoms with Crippen molar-refractivity contribution in [3.8, 4) is 0 Å². The molecule has 1 saturated heterocycles. The second-order valence-electron chi connectivity index (χ2n) is 8.11. The van der Waals surface area contributed by atoms with E-state index in [-0.39, 0.29) is 17.4 Å². The number of nitrogens with zero attached hydrogens (tertiary/aromatic N) is 3. The molecule has 6 heteroatoms. The maximum Gasteiger partial charge on any atom is 0.255 e. The molecule has 6 nitrogen and oxygen atoms in total. The van der Waals surface area contributed by atoms with Crippen LogP contribution in [-0.2, 0) is 17.3 Å². The van der Waals surface area contributed by atoms with Gasteiger partial charge < -0.3 is 14.4 Å². The van der Waals surface area contributed by atoms with Gasteiger partial charge in [0.2, 0.25) is 11.5 Å². The molecule has 2 aliphatic rings. The highest BCUT2D eigenvalue weighted by Crippen LogP contribution is 2.47. The molecule has 3 heterocycles. The maximum absolute atomic E-state index is 13.5. The van der Waals surface area contributed by atoms with Crippen LogP contribution in [-0.4, -0.2) is 40.9 Å². The van der Waals surface area contributed by atoms with Gasteiger partial charge >= 0.3 is 0 Å². The SMILES string of the molecule is CCCCCN1C(=O)C2(CCN(C(=O)c3ccc(=O)n(C)c3)C2)c2ccccc21. The predicted molar refractivity (Wildman–Crippen MR) is 112 cm³/mol. The lowest BCUT2D eigenvalue weighted by atomic mass is 9.81. The molecule has 2 amide bonds. The first-order valence-corrected chi connectivity index (χ1v) is 10.4. The number of rotatable bonds is 5. The molecule has 0 saturated carbocycles. The number of amides is 2. The molecule has 1 aromatic carbocycles. The van der Waals surface area contributed by atoms with Gasteiger partial charge in [0.25, 0.3) is 5.91 Å². The number of aromatic nitrogens is 1. The van der Waals surface area contributed by atoms with E-state index in [0.29, 0.717) is 25.1 Å². The van der Waals surface area contributed by atoms with Crippen molar-refractivity contribution in [1.82, 2.24) is 9.47 Å². The Hall–Kier alpha value is -2.89. The fourth-order valence-electron chi connectivity index (χ4n) is 4.62. The summed E-state index contributed by atoms with van der Waals surface area (Å²) in [5.74, 6) is -0.0160. The quantitative estimate of drug-likeness (QED) is 0.734. The molecule has 1 unspecified atom stereocenters. The van der Waals surface area contributed by atoms with Gasteiger partial charge in [0, 0.05) is 44.6 Å². The molecule has 0 aliphatic carbocycles. The largest absolute Gasteiger partial charge is 0.337 e. The van der Waals surface area contributed by atoms with Gasteiger partial charge in [-0.25, -0.2) is 0 Å². The molecule has 1 aromatic heterocycles. The fraction of sp³-hybridized carbons (Fsp3) is 0.435. The van der Waals surface area contributed by atoms with Crippen molar-refractivity contribution in [2.45, 2.75) is 38.0 Å². The van der Waals surface area contributed by atoms with Gasteiger partial charge in [-0.1, -0.05) is 38.0 Å². The van der Waals surface area contributed by atoms with Crippen LogP contribution in [0.4, 0.5) is 5.69 Å². The monoisotopic (exact) mass is 393 g/mol. The number of para-hydroxylation sites is 1. The Labute approximate surface area is 170 Å². The van der Waals surface area contributed by atoms with Crippen LogP contribution in [0.3, 0.4) is 0 Å². The zero-order valence-corrected chi connectivity index (χ0v) is 17.1. The van der Waals surface area contributed by atoms with Crippen LogP contribution in [0.25, 0.3) is 0 Å². The van der Waals surface area contributed by atoms with Crippen molar-refractivity contribution < 1.29 is 9.59 Å². The standard InChI is InChI=1S/C23H27N3O3/c1-3-4-7-13-26-19-9-6-5-8-18(19)23(22(26)29)12-14-25(16-23)21(28)17-10-11-20(27)24(2)15-17/h5-6,8-11,15H,3-4,7,12-14,16H2,1-2H3. The van der Waals surface area contributed by atoms with E-state index >= 15 is 0 Å². The zero-order chi connectivity index (χ0) is 20.6. The van der Waals surface area contributed by atoms with Gasteiger partial charge in [0.15, 0.2) is 0 Å². The van der Waals surface area contributed by atoms with Crippen molar-refractivity contribution in [3.63, 3.8) is 0 Å². The number of likely N-dealkylation sites (tertiary alicyclic amines) is 1. The summed E-state index contributed by atoms with van der Waals surface area (Å²) < 4.78 is 1.41. The molecule has 1 fully saturated rings. The average Bonchev–Trinajstić information content (AvgIpc) is 3.27. The molecular formula is C23H27N3O3. The third-order valence-electron chi connectivity index (χ3n) is 6.24. The first-order valence-electron chi connectivity index (χ1n) is 10.4. The zero-order valence-electron chi connectivity index (χ0n) is 17.1. The van der Waals surface area contributed by atoms with E-state index in [1.807, 2.05) is 29.2 Å². The number of pyridine rings is 1. The van der Waals surface area contributed by atoms with E-state index in [2.05, 4.69) is 6.92 Å². The van der Waals surface area contributed by atoms with Crippen LogP contribution in [0.5, 0.6) is 0 Å². The third kappa shape index (κ3) is 3.16. The number of hydrogen-bond acceptors (Lipinski definition) is 3. The number of fused-ring (bicyclic) bond motifs is 2. The Morgan fingerprint density at radius 2 is 1.90 bits per heavy atom. The number of anilines is 1. The normalized spacial score (nSPS) is 20.6. The van der Waals surface area contributed by atoms with Crippen molar-refractivity contribution in [3.05, 3.63) is 64.1 Å². The van der Waals surface area contributed by atoms with Crippen LogP contribution in [0.1, 0.15) is 48.5 Å². The molecule has 0 radical (unpaired) electrons. The molecule has 4 rings (SSSR count). The summed E-state index contributed by atoms with van der Waals surface area (Å²) in [6.45, 7) is 3.79. The maximum atomic E-state index is 13.5. The summed E-state index contributed by atoms with van der Waals surface area (Å²) in [5.41, 5.74) is 1.70. The number of unbranched alkanes of at least 4 members (excludes halogenated alkanes) is 2. The molecule has 2 aromatic rings. The molecule has 1 atom stereocenters. The average molecular weight is 393 g/mol. The van der Waals surface area contributed by atoms with Crippen molar-refractivity contribution in [2.24, 2.45) is 7.05 Å². The highest BCUT2D eigenvalue weighted by molar-refractivity contribution is 6.09. The first kappa shape index (κ1) is 19.4. The van der Waals surface area contributed by atoms with Crippen LogP contribution < -0.4 is 10.5 Å². The second-order valence-corrected chi connectivity index (χ2v) is 8.11. The first-order chi connectivity index (χ1) is 14.0. The fourth-order valence-corrected chi connectivity index (χ4v) is 4.62. The molecule has 0 bridgehead atoms. The predicted octanol–water partition coefficient (Wildman–Crippen LogP) is 2.71. The van der Waals surface area contributed by atoms with Crippen LogP contribution >= 0.6 is 0 Å². The van der Waals surface area contributed by atoms with E-state index in [0.717, 1.165) is 37.1 Å². The van der Waals surface area contributed by atoms with E-state index < -0.39 is 5.41 Å². The summed E-state index contributed by atoms with van der Waals surface area (Å²) in [7, 11) is 1.63. The highest BCUT2D eigenvalue weighted by Gasteiger charge is 2.54. The molecular weight excluding hydrogens is 366 g/mol. The lowest BCUT2D eigenvalue weighted by Crippen LogP contribution is -2.43. The second kappa shape index (κ2) is 7.50. The third-order valence-corrected chi connectivity index (χ3v) is 6.24. The summed E-state index contributed by atoms with van der Waals surface area (Å²) >= 11 is 0. The lowest BCUT2D eigenvalue weighted by molar-refractivity contribution is -0.122. The van der Waals surface area contributed by atoms with E-state index in [1.165, 1.54) is 10.6 Å². The Kier molecular flexibility index (Phi) is 5.03. The molecule has 2 aliphatic heterocycles. The summed E-state index contributed by atoms with van der Waals surface area (Å²) in [4.78, 5) is 41.9. The van der Waals surface area contributed by atoms with E-state index in [9.17, 15) is 14.4 Å². The Morgan fingerprint density at radius 3 is 2.66 bits per heavy atom. The smallest absolute Gasteiger partial charge is 0.255 e. The highest BCUT2D eigenvalue weighted by atomic mass is 16.2. The summed E-state index contributed by atoms with van der Waals surface area (Å²) in [6.07, 6.45) is 5.38. The van der Waals surface area contributed by atoms with E-state index in [1.54, 1.807) is 24.2 Å². The van der Waals surface area contributed by atoms with Gasteiger partial charge in [-0.05, 0) is 30.5 Å². The number of benzene rings is 1. The van der Waals surface area contributed by atoms with Crippen LogP contribution in [0, 0.1) is 0 Å². The van der Waals surface area contributed by atoms with Crippen molar-refractivity contribution in [1.29, 1.82) is 0 Å². The minimum absolute atomic E-state index is 0.116. The van der Waals surface area contributed by atoms with Gasteiger partial charge in [0.05, 0.1) is 11.0 Å². The molecule has 1 spiro atoms. The van der Waals surface area contributed by atoms with E-state index in [4.69, 9.17) is 0 Å². The van der Waals surface area contributed by atoms with Crippen molar-refractivity contribution >= 4 is 17.5 Å². The summed E-state index contributed by atoms with van der Waals surface area (Å²) in [5, 5.41) is 0. The van der Waals surface area contributed by atoms with Gasteiger partial charge in [-0.2, -0.15) is 0 Å². The Morgan fingerprint density at radius 1 is 1.10 bits per heavy atom. The minimum atomic E-state index is -0.654. The van der Waals surface area contributed by atoms with Crippen LogP contribution in [0.2, 0.25) is 0 Å². The Bertz CT molecular complexity index is 1010. The minimum Gasteiger partial charge on any atom is -0.337 e. The molecule has 0 N–H and O–H groups in total. The van der Waals surface area contributed by atoms with Gasteiger partial charge in [0.1, 0.15) is 0 Å². The lowest BCUT2D eigenvalue weighted by Gasteiger charge is -2.24. The Balaban J connectivity index is 1.61. The summed E-state index contributed by atoms with van der Waals surface area (Å²) in [6, 6.07) is 11.0. The van der Waals surface area contributed by atoms with Gasteiger partial charge in [-0.3, -0.25) is 14.4 Å². The van der Waals surface area contributed by atoms with Crippen LogP contribution in [0.15, 0.2) is 47.4 Å². The van der Waals surface area contributed by atoms with Crippen molar-refractivity contribution in [2.75, 3.05) is 24.5 Å². The molecule has 152 valence electrons. The number of carbonyl (C=O) groups is 2.